The summed E-state index contributed by atoms with van der Waals surface area (Å²) in [6.07, 6.45) is -4.65. The van der Waals surface area contributed by atoms with Gasteiger partial charge in [-0.25, -0.2) is 17.8 Å². The van der Waals surface area contributed by atoms with Crippen molar-refractivity contribution in [2.45, 2.75) is 31.3 Å². The Balaban J connectivity index is 2.05. The molecule has 0 saturated heterocycles. The van der Waals surface area contributed by atoms with Crippen molar-refractivity contribution < 1.29 is 26.4 Å². The highest BCUT2D eigenvalue weighted by Gasteiger charge is 2.35. The van der Waals surface area contributed by atoms with Crippen molar-refractivity contribution in [2.75, 3.05) is 0 Å². The molecule has 3 aromatic rings. The zero-order chi connectivity index (χ0) is 22.1. The van der Waals surface area contributed by atoms with Crippen LogP contribution in [0.4, 0.5) is 13.2 Å². The van der Waals surface area contributed by atoms with Gasteiger partial charge in [-0.3, -0.25) is 4.79 Å². The molecule has 0 spiro atoms. The van der Waals surface area contributed by atoms with Crippen LogP contribution in [0.5, 0.6) is 0 Å². The van der Waals surface area contributed by atoms with Crippen molar-refractivity contribution in [3.8, 4) is 16.9 Å². The van der Waals surface area contributed by atoms with E-state index in [0.29, 0.717) is 5.56 Å². The first kappa shape index (κ1) is 21.6. The highest BCUT2D eigenvalue weighted by molar-refractivity contribution is 7.90. The monoisotopic (exact) mass is 437 g/mol. The van der Waals surface area contributed by atoms with E-state index in [1.165, 1.54) is 31.2 Å². The molecule has 0 fully saturated rings. The first-order valence-corrected chi connectivity index (χ1v) is 10.4. The van der Waals surface area contributed by atoms with Crippen LogP contribution in [-0.4, -0.2) is 24.1 Å². The quantitative estimate of drug-likeness (QED) is 0.652. The Morgan fingerprint density at radius 1 is 1.07 bits per heavy atom. The number of alkyl halides is 3. The molecular formula is C20H18F3N3O3S. The molecule has 6 nitrogen and oxygen atoms in total. The standard InChI is InChI=1S/C20H18F3N3O3S/c1-3-19(27)25-30(28,29)16-10-8-15(9-11-16)26-17(12-18(24-26)20(21,22)23)14-6-4-13(2)5-7-14/h4-12H,3H2,1-2H3,(H,25,27). The maximum atomic E-state index is 13.3. The van der Waals surface area contributed by atoms with Crippen molar-refractivity contribution in [3.05, 3.63) is 65.9 Å². The number of carbonyl (C=O) groups is 1. The Morgan fingerprint density at radius 3 is 2.20 bits per heavy atom. The maximum absolute atomic E-state index is 13.3. The van der Waals surface area contributed by atoms with Crippen molar-refractivity contribution in [1.29, 1.82) is 0 Å². The summed E-state index contributed by atoms with van der Waals surface area (Å²) in [7, 11) is -4.06. The number of carbonyl (C=O) groups excluding carboxylic acids is 1. The molecule has 0 unspecified atom stereocenters. The van der Waals surface area contributed by atoms with Gasteiger partial charge in [0, 0.05) is 12.0 Å². The van der Waals surface area contributed by atoms with Crippen molar-refractivity contribution in [3.63, 3.8) is 0 Å². The van der Waals surface area contributed by atoms with Gasteiger partial charge >= 0.3 is 6.18 Å². The molecule has 1 aromatic heterocycles. The first-order valence-electron chi connectivity index (χ1n) is 8.91. The van der Waals surface area contributed by atoms with Gasteiger partial charge in [0.15, 0.2) is 5.69 Å². The Labute approximate surface area is 171 Å². The van der Waals surface area contributed by atoms with Crippen molar-refractivity contribution in [2.24, 2.45) is 0 Å². The molecule has 0 bridgehead atoms. The fraction of sp³-hybridized carbons (Fsp3) is 0.200. The number of amides is 1. The summed E-state index contributed by atoms with van der Waals surface area (Å²) in [6, 6.07) is 12.9. The van der Waals surface area contributed by atoms with Crippen molar-refractivity contribution >= 4 is 15.9 Å². The predicted molar refractivity (Wildman–Crippen MR) is 104 cm³/mol. The summed E-state index contributed by atoms with van der Waals surface area (Å²) in [5.41, 5.74) is 0.851. The zero-order valence-corrected chi connectivity index (χ0v) is 16.9. The molecule has 158 valence electrons. The molecule has 1 heterocycles. The third-order valence-corrected chi connectivity index (χ3v) is 5.70. The molecule has 0 saturated carbocycles. The number of hydrogen-bond acceptors (Lipinski definition) is 4. The number of aryl methyl sites for hydroxylation is 1. The fourth-order valence-electron chi connectivity index (χ4n) is 2.69. The summed E-state index contributed by atoms with van der Waals surface area (Å²) >= 11 is 0. The lowest BCUT2D eigenvalue weighted by Crippen LogP contribution is -2.29. The number of halogens is 3. The Bertz CT molecular complexity index is 1170. The van der Waals surface area contributed by atoms with E-state index in [-0.39, 0.29) is 22.7 Å². The van der Waals surface area contributed by atoms with E-state index in [1.54, 1.807) is 24.3 Å². The van der Waals surface area contributed by atoms with Gasteiger partial charge in [0.05, 0.1) is 16.3 Å². The average Bonchev–Trinajstić information content (AvgIpc) is 3.14. The smallest absolute Gasteiger partial charge is 0.274 e. The van der Waals surface area contributed by atoms with Crippen molar-refractivity contribution in [1.82, 2.24) is 14.5 Å². The van der Waals surface area contributed by atoms with Gasteiger partial charge in [-0.15, -0.1) is 0 Å². The zero-order valence-electron chi connectivity index (χ0n) is 16.1. The van der Waals surface area contributed by atoms with Crippen LogP contribution in [0, 0.1) is 6.92 Å². The van der Waals surface area contributed by atoms with Gasteiger partial charge in [0.25, 0.3) is 10.0 Å². The highest BCUT2D eigenvalue weighted by atomic mass is 32.2. The van der Waals surface area contributed by atoms with Gasteiger partial charge < -0.3 is 0 Å². The SMILES string of the molecule is CCC(=O)NS(=O)(=O)c1ccc(-n2nc(C(F)(F)F)cc2-c2ccc(C)cc2)cc1. The average molecular weight is 437 g/mol. The first-order chi connectivity index (χ1) is 14.0. The molecule has 1 amide bonds. The van der Waals surface area contributed by atoms with E-state index in [2.05, 4.69) is 5.10 Å². The van der Waals surface area contributed by atoms with E-state index < -0.39 is 27.8 Å². The van der Waals surface area contributed by atoms with Gasteiger partial charge in [0.2, 0.25) is 5.91 Å². The van der Waals surface area contributed by atoms with Gasteiger partial charge in [0.1, 0.15) is 0 Å². The molecule has 0 aliphatic heterocycles. The third kappa shape index (κ3) is 4.54. The lowest BCUT2D eigenvalue weighted by molar-refractivity contribution is -0.141. The molecule has 0 aliphatic rings. The molecule has 10 heteroatoms. The second kappa shape index (κ2) is 7.94. The Hall–Kier alpha value is -3.14. The number of nitrogens with one attached hydrogen (secondary N) is 1. The molecule has 3 rings (SSSR count). The molecule has 30 heavy (non-hydrogen) atoms. The largest absolute Gasteiger partial charge is 0.435 e. The van der Waals surface area contributed by atoms with Gasteiger partial charge in [-0.05, 0) is 37.3 Å². The van der Waals surface area contributed by atoms with Crippen LogP contribution >= 0.6 is 0 Å². The maximum Gasteiger partial charge on any atom is 0.435 e. The minimum atomic E-state index is -4.64. The summed E-state index contributed by atoms with van der Waals surface area (Å²) in [5, 5.41) is 3.68. The highest BCUT2D eigenvalue weighted by Crippen LogP contribution is 2.33. The number of aromatic nitrogens is 2. The number of rotatable bonds is 5. The lowest BCUT2D eigenvalue weighted by Gasteiger charge is -2.10. The summed E-state index contributed by atoms with van der Waals surface area (Å²) in [4.78, 5) is 11.2. The van der Waals surface area contributed by atoms with E-state index in [4.69, 9.17) is 0 Å². The molecule has 0 radical (unpaired) electrons. The molecular weight excluding hydrogens is 419 g/mol. The summed E-state index contributed by atoms with van der Waals surface area (Å²) in [5.74, 6) is -0.664. The predicted octanol–water partition coefficient (Wildman–Crippen LogP) is 4.08. The van der Waals surface area contributed by atoms with Crippen LogP contribution in [0.1, 0.15) is 24.6 Å². The minimum absolute atomic E-state index is 0.00920. The van der Waals surface area contributed by atoms with Crippen LogP contribution in [0.15, 0.2) is 59.5 Å². The molecule has 2 aromatic carbocycles. The van der Waals surface area contributed by atoms with E-state index >= 15 is 0 Å². The number of hydrogen-bond donors (Lipinski definition) is 1. The van der Waals surface area contributed by atoms with Crippen LogP contribution in [-0.2, 0) is 21.0 Å². The van der Waals surface area contributed by atoms with Crippen LogP contribution in [0.25, 0.3) is 16.9 Å². The van der Waals surface area contributed by atoms with Gasteiger partial charge in [-0.1, -0.05) is 36.8 Å². The third-order valence-electron chi connectivity index (χ3n) is 4.31. The van der Waals surface area contributed by atoms with Crippen LogP contribution in [0.3, 0.4) is 0 Å². The number of sulfonamides is 1. The molecule has 1 N–H and O–H groups in total. The van der Waals surface area contributed by atoms with E-state index in [0.717, 1.165) is 16.3 Å². The lowest BCUT2D eigenvalue weighted by atomic mass is 10.1. The fourth-order valence-corrected chi connectivity index (χ4v) is 3.75. The topological polar surface area (TPSA) is 81.1 Å². The van der Waals surface area contributed by atoms with Crippen LogP contribution in [0.2, 0.25) is 0 Å². The molecule has 0 aliphatic carbocycles. The Morgan fingerprint density at radius 2 is 1.67 bits per heavy atom. The minimum Gasteiger partial charge on any atom is -0.274 e. The van der Waals surface area contributed by atoms with E-state index in [1.807, 2.05) is 11.6 Å². The second-order valence-electron chi connectivity index (χ2n) is 6.57. The Kier molecular flexibility index (Phi) is 5.71. The normalized spacial score (nSPS) is 12.0. The van der Waals surface area contributed by atoms with E-state index in [9.17, 15) is 26.4 Å². The molecule has 0 atom stereocenters. The number of benzene rings is 2. The van der Waals surface area contributed by atoms with Gasteiger partial charge in [-0.2, -0.15) is 18.3 Å². The summed E-state index contributed by atoms with van der Waals surface area (Å²) in [6.45, 7) is 3.37. The summed E-state index contributed by atoms with van der Waals surface area (Å²) < 4.78 is 67.2. The second-order valence-corrected chi connectivity index (χ2v) is 8.25. The number of nitrogens with zero attached hydrogens (tertiary/aromatic N) is 2. The van der Waals surface area contributed by atoms with Crippen LogP contribution < -0.4 is 4.72 Å².